The molecular weight excluding hydrogens is 290 g/mol. The second kappa shape index (κ2) is 6.71. The Morgan fingerprint density at radius 3 is 2.04 bits per heavy atom. The van der Waals surface area contributed by atoms with E-state index in [4.69, 9.17) is 0 Å². The largest absolute Gasteiger partial charge is 0.339 e. The van der Waals surface area contributed by atoms with Crippen LogP contribution in [-0.4, -0.2) is 54.8 Å². The molecule has 1 N–H and O–H groups in total. The van der Waals surface area contributed by atoms with Crippen LogP contribution in [0.5, 0.6) is 0 Å². The van der Waals surface area contributed by atoms with E-state index in [0.717, 1.165) is 29.9 Å². The first-order valence-corrected chi connectivity index (χ1v) is 8.08. The summed E-state index contributed by atoms with van der Waals surface area (Å²) in [4.78, 5) is 29.4. The van der Waals surface area contributed by atoms with E-state index in [0.29, 0.717) is 13.1 Å². The van der Waals surface area contributed by atoms with Crippen LogP contribution in [0.4, 0.5) is 5.69 Å². The van der Waals surface area contributed by atoms with Gasteiger partial charge in [-0.3, -0.25) is 9.59 Å². The first-order chi connectivity index (χ1) is 10.7. The zero-order valence-corrected chi connectivity index (χ0v) is 14.8. The number of aryl methyl sites for hydroxylation is 2. The Kier molecular flexibility index (Phi) is 5.09. The Balaban J connectivity index is 2.08. The van der Waals surface area contributed by atoms with Gasteiger partial charge in [0.25, 0.3) is 0 Å². The number of nitrogens with zero attached hydrogens (tertiary/aromatic N) is 2. The van der Waals surface area contributed by atoms with Crippen LogP contribution in [0.25, 0.3) is 0 Å². The lowest BCUT2D eigenvalue weighted by Gasteiger charge is -2.36. The van der Waals surface area contributed by atoms with Crippen molar-refractivity contribution in [3.8, 4) is 0 Å². The van der Waals surface area contributed by atoms with E-state index in [1.165, 1.54) is 0 Å². The van der Waals surface area contributed by atoms with Gasteiger partial charge in [-0.1, -0.05) is 6.07 Å². The summed E-state index contributed by atoms with van der Waals surface area (Å²) in [6.07, 6.45) is 0. The molecule has 0 aromatic heterocycles. The van der Waals surface area contributed by atoms with Crippen molar-refractivity contribution < 1.29 is 9.59 Å². The van der Waals surface area contributed by atoms with Gasteiger partial charge in [-0.25, -0.2) is 0 Å². The van der Waals surface area contributed by atoms with Crippen LogP contribution in [0.1, 0.15) is 25.0 Å². The van der Waals surface area contributed by atoms with Crippen molar-refractivity contribution in [3.05, 3.63) is 29.3 Å². The molecule has 0 bridgehead atoms. The lowest BCUT2D eigenvalue weighted by molar-refractivity contribution is -0.147. The molecule has 1 saturated heterocycles. The molecule has 0 radical (unpaired) electrons. The molecule has 1 heterocycles. The molecule has 5 heteroatoms. The summed E-state index contributed by atoms with van der Waals surface area (Å²) in [5.74, 6) is -0.362. The van der Waals surface area contributed by atoms with Crippen LogP contribution in [-0.2, 0) is 9.59 Å². The van der Waals surface area contributed by atoms with E-state index in [9.17, 15) is 9.59 Å². The van der Waals surface area contributed by atoms with Crippen molar-refractivity contribution in [3.63, 3.8) is 0 Å². The highest BCUT2D eigenvalue weighted by Gasteiger charge is 2.39. The average Bonchev–Trinajstić information content (AvgIpc) is 2.46. The highest BCUT2D eigenvalue weighted by molar-refractivity contribution is 6.09. The predicted molar refractivity (Wildman–Crippen MR) is 92.4 cm³/mol. The summed E-state index contributed by atoms with van der Waals surface area (Å²) in [5, 5.41) is 2.90. The highest BCUT2D eigenvalue weighted by Crippen LogP contribution is 2.23. The fourth-order valence-electron chi connectivity index (χ4n) is 2.84. The van der Waals surface area contributed by atoms with E-state index in [1.54, 1.807) is 18.7 Å². The second-order valence-corrected chi connectivity index (χ2v) is 7.05. The van der Waals surface area contributed by atoms with Crippen LogP contribution < -0.4 is 5.32 Å². The van der Waals surface area contributed by atoms with Crippen LogP contribution in [0.15, 0.2) is 18.2 Å². The lowest BCUT2D eigenvalue weighted by Crippen LogP contribution is -2.53. The van der Waals surface area contributed by atoms with Gasteiger partial charge in [-0.2, -0.15) is 0 Å². The van der Waals surface area contributed by atoms with Crippen molar-refractivity contribution in [1.82, 2.24) is 9.80 Å². The van der Waals surface area contributed by atoms with Gasteiger partial charge >= 0.3 is 0 Å². The number of piperazine rings is 1. The third-order valence-electron chi connectivity index (χ3n) is 4.37. The Hall–Kier alpha value is -1.88. The van der Waals surface area contributed by atoms with E-state index in [-0.39, 0.29) is 11.8 Å². The maximum Gasteiger partial charge on any atom is 0.239 e. The van der Waals surface area contributed by atoms with Gasteiger partial charge in [0.2, 0.25) is 11.8 Å². The molecular formula is C18H27N3O2. The van der Waals surface area contributed by atoms with Gasteiger partial charge in [-0.15, -0.1) is 0 Å². The normalized spacial score (nSPS) is 16.3. The van der Waals surface area contributed by atoms with Gasteiger partial charge in [0.1, 0.15) is 5.41 Å². The molecule has 0 spiro atoms. The number of carbonyl (C=O) groups excluding carboxylic acids is 2. The third-order valence-corrected chi connectivity index (χ3v) is 4.37. The Labute approximate surface area is 138 Å². The van der Waals surface area contributed by atoms with Crippen LogP contribution >= 0.6 is 0 Å². The minimum atomic E-state index is -1.08. The number of likely N-dealkylation sites (N-methyl/N-ethyl adjacent to an activating group) is 1. The Morgan fingerprint density at radius 2 is 1.52 bits per heavy atom. The van der Waals surface area contributed by atoms with Crippen LogP contribution in [0.2, 0.25) is 0 Å². The Bertz CT molecular complexity index is 582. The molecule has 2 rings (SSSR count). The minimum absolute atomic E-state index is 0.104. The first-order valence-electron chi connectivity index (χ1n) is 8.08. The van der Waals surface area contributed by atoms with E-state index >= 15 is 0 Å². The molecule has 5 nitrogen and oxygen atoms in total. The Morgan fingerprint density at radius 1 is 1.00 bits per heavy atom. The molecule has 1 fully saturated rings. The van der Waals surface area contributed by atoms with Crippen molar-refractivity contribution in [2.24, 2.45) is 5.41 Å². The summed E-state index contributed by atoms with van der Waals surface area (Å²) in [5.41, 5.74) is 1.84. The molecule has 1 aromatic carbocycles. The molecule has 0 aliphatic carbocycles. The SMILES string of the molecule is Cc1cc(C)cc(NC(=O)C(C)(C)C(=O)N2CCN(C)CC2)c1. The fourth-order valence-corrected chi connectivity index (χ4v) is 2.84. The van der Waals surface area contributed by atoms with E-state index in [2.05, 4.69) is 16.3 Å². The topological polar surface area (TPSA) is 52.7 Å². The van der Waals surface area contributed by atoms with Gasteiger partial charge in [0, 0.05) is 31.9 Å². The molecule has 1 aliphatic heterocycles. The molecule has 0 saturated carbocycles. The number of benzene rings is 1. The molecule has 2 amide bonds. The summed E-state index contributed by atoms with van der Waals surface area (Å²) >= 11 is 0. The van der Waals surface area contributed by atoms with Crippen molar-refractivity contribution in [2.75, 3.05) is 38.5 Å². The highest BCUT2D eigenvalue weighted by atomic mass is 16.2. The number of nitrogens with one attached hydrogen (secondary N) is 1. The second-order valence-electron chi connectivity index (χ2n) is 7.05. The molecule has 0 atom stereocenters. The number of amides is 2. The molecule has 0 unspecified atom stereocenters. The van der Waals surface area contributed by atoms with E-state index < -0.39 is 5.41 Å². The average molecular weight is 317 g/mol. The molecule has 1 aromatic rings. The fraction of sp³-hybridized carbons (Fsp3) is 0.556. The van der Waals surface area contributed by atoms with E-state index in [1.807, 2.05) is 33.0 Å². The quantitative estimate of drug-likeness (QED) is 0.868. The third kappa shape index (κ3) is 4.10. The van der Waals surface area contributed by atoms with Crippen LogP contribution in [0, 0.1) is 19.3 Å². The number of rotatable bonds is 3. The predicted octanol–water partition coefficient (Wildman–Crippen LogP) is 2.04. The standard InChI is InChI=1S/C18H27N3O2/c1-13-10-14(2)12-15(11-13)19-16(22)18(3,4)17(23)21-8-6-20(5)7-9-21/h10-12H,6-9H2,1-5H3,(H,19,22). The maximum atomic E-state index is 12.7. The zero-order valence-electron chi connectivity index (χ0n) is 14.8. The summed E-state index contributed by atoms with van der Waals surface area (Å²) in [6.45, 7) is 10.4. The number of anilines is 1. The van der Waals surface area contributed by atoms with Crippen molar-refractivity contribution in [1.29, 1.82) is 0 Å². The summed E-state index contributed by atoms with van der Waals surface area (Å²) < 4.78 is 0. The van der Waals surface area contributed by atoms with Crippen molar-refractivity contribution >= 4 is 17.5 Å². The smallest absolute Gasteiger partial charge is 0.239 e. The summed E-state index contributed by atoms with van der Waals surface area (Å²) in [7, 11) is 2.04. The summed E-state index contributed by atoms with van der Waals surface area (Å²) in [6, 6.07) is 5.89. The minimum Gasteiger partial charge on any atom is -0.339 e. The van der Waals surface area contributed by atoms with Crippen LogP contribution in [0.3, 0.4) is 0 Å². The van der Waals surface area contributed by atoms with Crippen molar-refractivity contribution in [2.45, 2.75) is 27.7 Å². The zero-order chi connectivity index (χ0) is 17.2. The van der Waals surface area contributed by atoms with Gasteiger partial charge < -0.3 is 15.1 Å². The number of hydrogen-bond donors (Lipinski definition) is 1. The molecule has 1 aliphatic rings. The van der Waals surface area contributed by atoms with Gasteiger partial charge in [0.15, 0.2) is 0 Å². The maximum absolute atomic E-state index is 12.7. The molecule has 126 valence electrons. The number of carbonyl (C=O) groups is 2. The first kappa shape index (κ1) is 17.5. The van der Waals surface area contributed by atoms with Gasteiger partial charge in [0.05, 0.1) is 0 Å². The monoisotopic (exact) mass is 317 g/mol. The molecule has 23 heavy (non-hydrogen) atoms. The van der Waals surface area contributed by atoms with Gasteiger partial charge in [-0.05, 0) is 58.0 Å². The lowest BCUT2D eigenvalue weighted by atomic mass is 9.89. The number of hydrogen-bond acceptors (Lipinski definition) is 3.